The molecule has 8 heteroatoms. The van der Waals surface area contributed by atoms with Gasteiger partial charge in [0.1, 0.15) is 22.9 Å². The van der Waals surface area contributed by atoms with Gasteiger partial charge < -0.3 is 19.1 Å². The molecule has 0 bridgehead atoms. The lowest BCUT2D eigenvalue weighted by atomic mass is 9.84. The van der Waals surface area contributed by atoms with Crippen LogP contribution in [0.5, 0.6) is 11.5 Å². The van der Waals surface area contributed by atoms with Gasteiger partial charge in [-0.05, 0) is 120 Å². The van der Waals surface area contributed by atoms with E-state index in [0.717, 1.165) is 16.7 Å². The number of hydrogen-bond donors (Lipinski definition) is 0. The average Bonchev–Trinajstić information content (AvgIpc) is 3.38. The van der Waals surface area contributed by atoms with Gasteiger partial charge in [0, 0.05) is 24.6 Å². The molecule has 1 fully saturated rings. The van der Waals surface area contributed by atoms with Crippen molar-refractivity contribution in [3.8, 4) is 11.5 Å². The number of carbonyl (C=O) groups excluding carboxylic acids is 3. The number of ketones is 1. The molecule has 1 saturated heterocycles. The van der Waals surface area contributed by atoms with Crippen LogP contribution in [0.3, 0.4) is 0 Å². The topological polar surface area (TPSA) is 82.1 Å². The van der Waals surface area contributed by atoms with Crippen LogP contribution in [0.25, 0.3) is 0 Å². The van der Waals surface area contributed by atoms with E-state index in [1.54, 1.807) is 43.0 Å². The van der Waals surface area contributed by atoms with Crippen LogP contribution in [0.15, 0.2) is 66.7 Å². The molecule has 0 aliphatic carbocycles. The maximum Gasteiger partial charge on any atom is 0.415 e. The monoisotopic (exact) mass is 603 g/mol. The first kappa shape index (κ1) is 32.7. The van der Waals surface area contributed by atoms with E-state index in [1.807, 2.05) is 52.8 Å². The Bertz CT molecular complexity index is 1470. The number of likely N-dealkylation sites (tertiary alicyclic amines) is 1. The minimum atomic E-state index is -1.18. The number of amides is 1. The second-order valence-corrected chi connectivity index (χ2v) is 13.0. The lowest BCUT2D eigenvalue weighted by Gasteiger charge is -2.30. The van der Waals surface area contributed by atoms with Crippen molar-refractivity contribution in [2.45, 2.75) is 72.5 Å². The highest BCUT2D eigenvalue weighted by molar-refractivity contribution is 5.98. The molecule has 1 aliphatic heterocycles. The summed E-state index contributed by atoms with van der Waals surface area (Å²) >= 11 is 0. The predicted molar refractivity (Wildman–Crippen MR) is 167 cm³/mol. The number of Topliss-reactive ketones (excluding diaryl/α,β-unsaturated/α-hetero) is 1. The zero-order valence-corrected chi connectivity index (χ0v) is 26.6. The molecule has 0 N–H and O–H groups in total. The molecule has 0 saturated carbocycles. The number of nitrogens with zero attached hydrogens (tertiary/aromatic N) is 1. The number of hydrogen-bond acceptors (Lipinski definition) is 6. The van der Waals surface area contributed by atoms with E-state index in [4.69, 9.17) is 14.2 Å². The van der Waals surface area contributed by atoms with Gasteiger partial charge in [0.2, 0.25) is 0 Å². The van der Waals surface area contributed by atoms with Crippen LogP contribution in [-0.4, -0.2) is 47.0 Å². The number of benzene rings is 3. The van der Waals surface area contributed by atoms with E-state index in [1.165, 1.54) is 24.3 Å². The molecule has 3 aromatic carbocycles. The summed E-state index contributed by atoms with van der Waals surface area (Å²) in [6.07, 6.45) is 0.808. The molecule has 1 amide bonds. The molecule has 4 rings (SSSR count). The number of esters is 1. The lowest BCUT2D eigenvalue weighted by molar-refractivity contribution is -0.171. The number of halogens is 1. The average molecular weight is 604 g/mol. The fourth-order valence-corrected chi connectivity index (χ4v) is 5.49. The summed E-state index contributed by atoms with van der Waals surface area (Å²) < 4.78 is 30.9. The highest BCUT2D eigenvalue weighted by atomic mass is 19.1. The van der Waals surface area contributed by atoms with Crippen molar-refractivity contribution >= 4 is 17.8 Å². The van der Waals surface area contributed by atoms with Gasteiger partial charge >= 0.3 is 12.1 Å². The van der Waals surface area contributed by atoms with Gasteiger partial charge in [0.05, 0.1) is 0 Å². The summed E-state index contributed by atoms with van der Waals surface area (Å²) in [5.74, 6) is -0.492. The molecular formula is C36H42FNO6. The fourth-order valence-electron chi connectivity index (χ4n) is 5.49. The SMILES string of the molecule is Cc1cc(CC[C@H]2CN(C(=O)Oc3ccccc3)CC2C(=O)c2ccc(F)cc2)cc(C)c1OC(C)(C)C(=O)OC(C)(C)C. The predicted octanol–water partition coefficient (Wildman–Crippen LogP) is 7.50. The Labute approximate surface area is 259 Å². The van der Waals surface area contributed by atoms with Gasteiger partial charge in [-0.1, -0.05) is 30.3 Å². The van der Waals surface area contributed by atoms with Gasteiger partial charge in [0.15, 0.2) is 11.4 Å². The second kappa shape index (κ2) is 13.2. The number of carbonyl (C=O) groups is 3. The van der Waals surface area contributed by atoms with Gasteiger partial charge in [-0.2, -0.15) is 0 Å². The Kier molecular flexibility index (Phi) is 9.81. The molecule has 2 atom stereocenters. The fraction of sp³-hybridized carbons (Fsp3) is 0.417. The molecular weight excluding hydrogens is 561 g/mol. The van der Waals surface area contributed by atoms with Crippen molar-refractivity contribution in [3.63, 3.8) is 0 Å². The molecule has 1 aliphatic rings. The molecule has 0 aromatic heterocycles. The molecule has 234 valence electrons. The quantitative estimate of drug-likeness (QED) is 0.186. The second-order valence-electron chi connectivity index (χ2n) is 13.0. The summed E-state index contributed by atoms with van der Waals surface area (Å²) in [7, 11) is 0. The Morgan fingerprint density at radius 3 is 2.09 bits per heavy atom. The standard InChI is InChI=1S/C36H42FNO6/c1-23-19-25(20-24(2)32(23)43-36(6,7)33(40)44-35(3,4)5)13-14-27-21-38(34(41)42-29-11-9-8-10-12-29)22-30(27)31(39)26-15-17-28(37)18-16-26/h8-12,15-20,27,30H,13-14,21-22H2,1-7H3/t27-,30?/m0/s1. The summed E-state index contributed by atoms with van der Waals surface area (Å²) in [5, 5.41) is 0. The van der Waals surface area contributed by atoms with Crippen LogP contribution in [0, 0.1) is 31.5 Å². The normalized spacial score (nSPS) is 16.9. The van der Waals surface area contributed by atoms with Crippen molar-refractivity contribution in [2.24, 2.45) is 11.8 Å². The first-order valence-electron chi connectivity index (χ1n) is 15.0. The van der Waals surface area contributed by atoms with Crippen LogP contribution in [0.2, 0.25) is 0 Å². The van der Waals surface area contributed by atoms with Crippen LogP contribution in [0.1, 0.15) is 68.1 Å². The zero-order valence-electron chi connectivity index (χ0n) is 26.6. The molecule has 1 unspecified atom stereocenters. The largest absolute Gasteiger partial charge is 0.476 e. The van der Waals surface area contributed by atoms with Crippen LogP contribution in [-0.2, 0) is 16.0 Å². The van der Waals surface area contributed by atoms with Crippen molar-refractivity contribution in [2.75, 3.05) is 13.1 Å². The minimum absolute atomic E-state index is 0.120. The number of para-hydroxylation sites is 1. The minimum Gasteiger partial charge on any atom is -0.476 e. The third kappa shape index (κ3) is 8.24. The van der Waals surface area contributed by atoms with E-state index in [9.17, 15) is 18.8 Å². The number of aryl methyl sites for hydroxylation is 3. The Morgan fingerprint density at radius 1 is 0.886 bits per heavy atom. The summed E-state index contributed by atoms with van der Waals surface area (Å²) in [6.45, 7) is 13.3. The van der Waals surface area contributed by atoms with Crippen LogP contribution < -0.4 is 9.47 Å². The summed E-state index contributed by atoms with van der Waals surface area (Å²) in [4.78, 5) is 41.0. The number of ether oxygens (including phenoxy) is 3. The molecule has 1 heterocycles. The Balaban J connectivity index is 1.50. The van der Waals surface area contributed by atoms with Crippen molar-refractivity contribution in [1.82, 2.24) is 4.90 Å². The summed E-state index contributed by atoms with van der Waals surface area (Å²) in [6, 6.07) is 18.4. The maximum atomic E-state index is 13.6. The van der Waals surface area contributed by atoms with Gasteiger partial charge in [0.25, 0.3) is 0 Å². The highest BCUT2D eigenvalue weighted by Crippen LogP contribution is 2.34. The van der Waals surface area contributed by atoms with Gasteiger partial charge in [-0.15, -0.1) is 0 Å². The lowest BCUT2D eigenvalue weighted by Crippen LogP contribution is -2.43. The third-order valence-electron chi connectivity index (χ3n) is 7.68. The first-order chi connectivity index (χ1) is 20.6. The van der Waals surface area contributed by atoms with Crippen molar-refractivity contribution in [1.29, 1.82) is 0 Å². The van der Waals surface area contributed by atoms with E-state index in [-0.39, 0.29) is 18.2 Å². The smallest absolute Gasteiger partial charge is 0.415 e. The van der Waals surface area contributed by atoms with Crippen molar-refractivity contribution in [3.05, 3.63) is 94.8 Å². The van der Waals surface area contributed by atoms with E-state index < -0.39 is 35.0 Å². The van der Waals surface area contributed by atoms with E-state index in [2.05, 4.69) is 0 Å². The van der Waals surface area contributed by atoms with E-state index in [0.29, 0.717) is 36.4 Å². The molecule has 0 radical (unpaired) electrons. The Morgan fingerprint density at radius 2 is 1.50 bits per heavy atom. The highest BCUT2D eigenvalue weighted by Gasteiger charge is 2.40. The van der Waals surface area contributed by atoms with Crippen molar-refractivity contribution < 1.29 is 33.0 Å². The summed E-state index contributed by atoms with van der Waals surface area (Å²) in [5.41, 5.74) is 1.43. The van der Waals surface area contributed by atoms with E-state index >= 15 is 0 Å². The maximum absolute atomic E-state index is 13.6. The molecule has 7 nitrogen and oxygen atoms in total. The Hall–Kier alpha value is -4.20. The van der Waals surface area contributed by atoms with Gasteiger partial charge in [-0.25, -0.2) is 14.0 Å². The number of rotatable bonds is 9. The molecule has 44 heavy (non-hydrogen) atoms. The van der Waals surface area contributed by atoms with Crippen LogP contribution >= 0.6 is 0 Å². The zero-order chi connectivity index (χ0) is 32.2. The van der Waals surface area contributed by atoms with Crippen LogP contribution in [0.4, 0.5) is 9.18 Å². The first-order valence-corrected chi connectivity index (χ1v) is 15.0. The van der Waals surface area contributed by atoms with Gasteiger partial charge in [-0.3, -0.25) is 4.79 Å². The third-order valence-corrected chi connectivity index (χ3v) is 7.68. The molecule has 0 spiro atoms. The molecule has 3 aromatic rings.